The smallest absolute Gasteiger partial charge is 0.258 e. The van der Waals surface area contributed by atoms with Crippen LogP contribution < -0.4 is 10.4 Å². The lowest BCUT2D eigenvalue weighted by molar-refractivity contribution is -0.123. The van der Waals surface area contributed by atoms with Crippen LogP contribution in [0.15, 0.2) is 60.7 Å². The predicted molar refractivity (Wildman–Crippen MR) is 140 cm³/mol. The van der Waals surface area contributed by atoms with Crippen LogP contribution in [0.4, 0.5) is 0 Å². The Kier molecular flexibility index (Phi) is 10.9. The van der Waals surface area contributed by atoms with Crippen molar-refractivity contribution >= 4 is 24.5 Å². The van der Waals surface area contributed by atoms with E-state index >= 15 is 0 Å². The summed E-state index contributed by atoms with van der Waals surface area (Å²) < 4.78 is 0. The van der Waals surface area contributed by atoms with E-state index in [1.54, 1.807) is 0 Å². The number of Topliss-reactive ketones (excluding diaryl/α,β-unsaturated/α-hetero) is 1. The van der Waals surface area contributed by atoms with Crippen molar-refractivity contribution in [3.63, 3.8) is 0 Å². The molecule has 1 N–H and O–H groups in total. The highest BCUT2D eigenvalue weighted by molar-refractivity contribution is 6.98. The molecule has 32 heavy (non-hydrogen) atoms. The van der Waals surface area contributed by atoms with Crippen molar-refractivity contribution in [3.05, 3.63) is 60.7 Å². The molecule has 0 saturated heterocycles. The lowest BCUT2D eigenvalue weighted by Crippen LogP contribution is -2.65. The Morgan fingerprint density at radius 1 is 0.812 bits per heavy atom. The molecule has 0 saturated carbocycles. The first-order valence-electron chi connectivity index (χ1n) is 12.7. The minimum absolute atomic E-state index is 0.0107. The molecule has 0 spiro atoms. The molecule has 2 rings (SSSR count). The average Bonchev–Trinajstić information content (AvgIpc) is 2.82. The molecule has 176 valence electrons. The number of benzene rings is 2. The Hall–Kier alpha value is -1.71. The maximum atomic E-state index is 13.1. The summed E-state index contributed by atoms with van der Waals surface area (Å²) >= 11 is 0. The average molecular weight is 453 g/mol. The van der Waals surface area contributed by atoms with Gasteiger partial charge in [0.05, 0.1) is 0 Å². The third kappa shape index (κ3) is 6.89. The van der Waals surface area contributed by atoms with Gasteiger partial charge in [0.25, 0.3) is 8.32 Å². The minimum atomic E-state index is -3.06. The Bertz CT molecular complexity index is 746. The number of hydrogen-bond acceptors (Lipinski definition) is 2. The van der Waals surface area contributed by atoms with Gasteiger partial charge in [-0.15, -0.1) is 0 Å². The third-order valence-corrected chi connectivity index (χ3v) is 11.6. The van der Waals surface area contributed by atoms with Gasteiger partial charge in [-0.25, -0.2) is 0 Å². The quantitative estimate of drug-likeness (QED) is 0.243. The first-order valence-corrected chi connectivity index (χ1v) is 14.7. The predicted octanol–water partition coefficient (Wildman–Crippen LogP) is 6.64. The lowest BCUT2D eigenvalue weighted by Gasteiger charge is -2.42. The summed E-state index contributed by atoms with van der Waals surface area (Å²) in [6.07, 6.45) is 10.8. The van der Waals surface area contributed by atoms with Gasteiger partial charge in [-0.1, -0.05) is 127 Å². The van der Waals surface area contributed by atoms with E-state index in [4.69, 9.17) is 0 Å². The van der Waals surface area contributed by atoms with Crippen LogP contribution in [0, 0.1) is 5.92 Å². The summed E-state index contributed by atoms with van der Waals surface area (Å²) in [6, 6.07) is 20.3. The summed E-state index contributed by atoms with van der Waals surface area (Å²) in [5.74, 6) is 0.392. The molecule has 2 aromatic carbocycles. The van der Waals surface area contributed by atoms with E-state index in [1.807, 2.05) is 36.4 Å². The maximum absolute atomic E-state index is 13.1. The number of carbonyl (C=O) groups excluding carboxylic acids is 1. The van der Waals surface area contributed by atoms with Gasteiger partial charge in [0.15, 0.2) is 0 Å². The van der Waals surface area contributed by atoms with Gasteiger partial charge in [-0.05, 0) is 34.7 Å². The molecule has 0 aliphatic carbocycles. The van der Waals surface area contributed by atoms with Crippen LogP contribution in [-0.2, 0) is 4.79 Å². The van der Waals surface area contributed by atoms with Gasteiger partial charge < -0.3 is 4.80 Å². The summed E-state index contributed by atoms with van der Waals surface area (Å²) in [6.45, 7) is 8.70. The topological polar surface area (TPSA) is 37.3 Å². The Labute approximate surface area is 197 Å². The van der Waals surface area contributed by atoms with Crippen molar-refractivity contribution in [3.8, 4) is 0 Å². The van der Waals surface area contributed by atoms with Crippen molar-refractivity contribution in [1.82, 2.24) is 0 Å². The van der Waals surface area contributed by atoms with E-state index in [9.17, 15) is 9.59 Å². The zero-order valence-corrected chi connectivity index (χ0v) is 21.8. The Balaban J connectivity index is 2.11. The van der Waals surface area contributed by atoms with Crippen molar-refractivity contribution in [2.75, 3.05) is 0 Å². The van der Waals surface area contributed by atoms with E-state index in [1.165, 1.54) is 32.1 Å². The number of rotatable bonds is 15. The van der Waals surface area contributed by atoms with Crippen molar-refractivity contribution < 1.29 is 9.59 Å². The van der Waals surface area contributed by atoms with Crippen LogP contribution in [0.2, 0.25) is 5.04 Å². The Morgan fingerprint density at radius 2 is 1.28 bits per heavy atom. The van der Waals surface area contributed by atoms with E-state index in [0.29, 0.717) is 12.2 Å². The fraction of sp³-hybridized carbons (Fsp3) is 0.552. The van der Waals surface area contributed by atoms with E-state index in [-0.39, 0.29) is 11.0 Å². The number of unbranched alkanes of at least 4 members (excludes halogenated alkanes) is 6. The molecule has 1 unspecified atom stereocenters. The van der Waals surface area contributed by atoms with Crippen LogP contribution in [-0.4, -0.2) is 18.9 Å². The van der Waals surface area contributed by atoms with E-state index < -0.39 is 8.32 Å². The van der Waals surface area contributed by atoms with Gasteiger partial charge >= 0.3 is 0 Å². The monoisotopic (exact) mass is 452 g/mol. The minimum Gasteiger partial charge on any atom is -0.424 e. The molecule has 0 fully saturated rings. The second kappa shape index (κ2) is 13.1. The van der Waals surface area contributed by atoms with Gasteiger partial charge in [0, 0.05) is 12.3 Å². The molecule has 0 aliphatic heterocycles. The van der Waals surface area contributed by atoms with Gasteiger partial charge in [0.2, 0.25) is 0 Å². The second-order valence-corrected chi connectivity index (χ2v) is 13.9. The molecule has 2 nitrogen and oxygen atoms in total. The molecule has 0 heterocycles. The van der Waals surface area contributed by atoms with Gasteiger partial charge in [0.1, 0.15) is 5.78 Å². The molecule has 0 radical (unpaired) electrons. The number of carbonyl (C=O) groups is 1. The first kappa shape index (κ1) is 26.5. The van der Waals surface area contributed by atoms with E-state index in [0.717, 1.165) is 36.1 Å². The van der Waals surface area contributed by atoms with Gasteiger partial charge in [-0.3, -0.25) is 4.79 Å². The fourth-order valence-electron chi connectivity index (χ4n) is 5.02. The molecule has 3 heteroatoms. The second-order valence-electron chi connectivity index (χ2n) is 9.97. The summed E-state index contributed by atoms with van der Waals surface area (Å²) in [5, 5.41) is 1.67. The van der Waals surface area contributed by atoms with Crippen LogP contribution in [0.25, 0.3) is 0 Å². The standard InChI is InChI=1S/C29H44O2Si/c1-5-7-8-9-10-11-18-23-28(30)25(6-2)24-29(3,4)32(31,26-19-14-12-15-20-26)27-21-16-13-17-22-27/h12-17,19-22,25,31H,5-11,18,23-24H2,1-4H3. The molecular weight excluding hydrogens is 408 g/mol. The van der Waals surface area contributed by atoms with Crippen LogP contribution >= 0.6 is 0 Å². The summed E-state index contributed by atoms with van der Waals surface area (Å²) in [5.41, 5.74) is 0. The highest BCUT2D eigenvalue weighted by atomic mass is 28.4. The lowest BCUT2D eigenvalue weighted by atomic mass is 9.88. The fourth-order valence-corrected chi connectivity index (χ4v) is 8.80. The third-order valence-electron chi connectivity index (χ3n) is 7.09. The largest absolute Gasteiger partial charge is 0.424 e. The molecule has 0 bridgehead atoms. The van der Waals surface area contributed by atoms with Crippen molar-refractivity contribution in [2.45, 2.75) is 96.9 Å². The number of hydrogen-bond donors (Lipinski definition) is 1. The zero-order chi connectivity index (χ0) is 23.5. The van der Waals surface area contributed by atoms with Gasteiger partial charge in [-0.2, -0.15) is 0 Å². The molecule has 0 aliphatic rings. The van der Waals surface area contributed by atoms with Crippen molar-refractivity contribution in [1.29, 1.82) is 0 Å². The van der Waals surface area contributed by atoms with Crippen LogP contribution in [0.3, 0.4) is 0 Å². The number of ketones is 1. The van der Waals surface area contributed by atoms with Crippen LogP contribution in [0.5, 0.6) is 0 Å². The van der Waals surface area contributed by atoms with Crippen molar-refractivity contribution in [2.24, 2.45) is 5.92 Å². The summed E-state index contributed by atoms with van der Waals surface area (Å²) in [4.78, 5) is 25.5. The SMILES string of the molecule is CCCCCCCCCC(=O)C(CC)CC(C)(C)[Si](O)(c1ccccc1)c1ccccc1. The first-order chi connectivity index (χ1) is 15.4. The highest BCUT2D eigenvalue weighted by Crippen LogP contribution is 2.42. The zero-order valence-electron chi connectivity index (χ0n) is 20.8. The highest BCUT2D eigenvalue weighted by Gasteiger charge is 2.50. The normalized spacial score (nSPS) is 13.2. The molecule has 0 aromatic heterocycles. The molecule has 1 atom stereocenters. The Morgan fingerprint density at radius 3 is 1.75 bits per heavy atom. The van der Waals surface area contributed by atoms with E-state index in [2.05, 4.69) is 52.0 Å². The molecule has 2 aromatic rings. The molecular formula is C29H44O2Si. The molecule has 0 amide bonds. The van der Waals surface area contributed by atoms with Crippen LogP contribution in [0.1, 0.15) is 91.9 Å². The summed E-state index contributed by atoms with van der Waals surface area (Å²) in [7, 11) is -3.06. The maximum Gasteiger partial charge on any atom is 0.258 e.